The minimum absolute atomic E-state index is 0.102. The van der Waals surface area contributed by atoms with E-state index in [1.807, 2.05) is 34.7 Å². The van der Waals surface area contributed by atoms with E-state index in [0.29, 0.717) is 38.8 Å². The van der Waals surface area contributed by atoms with Crippen LogP contribution < -0.4 is 4.90 Å². The maximum absolute atomic E-state index is 12.7. The smallest absolute Gasteiger partial charge is 0.306 e. The maximum Gasteiger partial charge on any atom is 0.306 e. The van der Waals surface area contributed by atoms with Crippen LogP contribution in [0.15, 0.2) is 0 Å². The van der Waals surface area contributed by atoms with Gasteiger partial charge in [0.15, 0.2) is 24.6 Å². The molecular formula is C28H46NO10+. The first-order chi connectivity index (χ1) is 18.7. The van der Waals surface area contributed by atoms with Gasteiger partial charge in [-0.05, 0) is 31.6 Å². The van der Waals surface area contributed by atoms with Gasteiger partial charge >= 0.3 is 23.9 Å². The molecule has 1 saturated heterocycles. The number of carbonyl (C=O) groups excluding carboxylic acids is 4. The second kappa shape index (κ2) is 19.4. The molecule has 0 spiro atoms. The third-order valence-corrected chi connectivity index (χ3v) is 5.83. The largest absolute Gasteiger partial charge is 0.463 e. The number of esters is 4. The van der Waals surface area contributed by atoms with Crippen LogP contribution in [0.1, 0.15) is 79.1 Å². The Bertz CT molecular complexity index is 811. The molecule has 1 heterocycles. The maximum atomic E-state index is 12.7. The number of hydrogen-bond donors (Lipinski definition) is 1. The molecule has 11 heteroatoms. The van der Waals surface area contributed by atoms with Gasteiger partial charge in [0.05, 0.1) is 13.7 Å². The van der Waals surface area contributed by atoms with E-state index in [-0.39, 0.29) is 38.9 Å². The molecule has 0 amide bonds. The van der Waals surface area contributed by atoms with E-state index < -0.39 is 54.6 Å². The van der Waals surface area contributed by atoms with Gasteiger partial charge < -0.3 is 33.3 Å². The molecule has 0 radical (unpaired) electrons. The van der Waals surface area contributed by atoms with Crippen molar-refractivity contribution < 1.29 is 52.5 Å². The monoisotopic (exact) mass is 556 g/mol. The Hall–Kier alpha value is -2.68. The van der Waals surface area contributed by atoms with E-state index in [4.69, 9.17) is 34.8 Å². The van der Waals surface area contributed by atoms with Crippen molar-refractivity contribution in [2.45, 2.75) is 110 Å². The summed E-state index contributed by atoms with van der Waals surface area (Å²) < 4.78 is 34.7. The zero-order chi connectivity index (χ0) is 29.2. The van der Waals surface area contributed by atoms with E-state index >= 15 is 0 Å². The molecule has 6 atom stereocenters. The molecule has 1 aliphatic rings. The highest BCUT2D eigenvalue weighted by Crippen LogP contribution is 2.30. The highest BCUT2D eigenvalue weighted by atomic mass is 16.7. The number of likely N-dealkylation sites (N-methyl/N-ethyl adjacent to an activating group) is 1. The summed E-state index contributed by atoms with van der Waals surface area (Å²) >= 11 is 0. The average molecular weight is 557 g/mol. The van der Waals surface area contributed by atoms with Crippen LogP contribution in [-0.2, 0) is 47.6 Å². The Labute approximate surface area is 232 Å². The fourth-order valence-electron chi connectivity index (χ4n) is 3.86. The third-order valence-electron chi connectivity index (χ3n) is 5.83. The Morgan fingerprint density at radius 2 is 1.26 bits per heavy atom. The van der Waals surface area contributed by atoms with Crippen molar-refractivity contribution >= 4 is 23.9 Å². The van der Waals surface area contributed by atoms with Crippen LogP contribution in [0, 0.1) is 12.3 Å². The van der Waals surface area contributed by atoms with E-state index in [2.05, 4.69) is 5.92 Å². The normalized spacial score (nSPS) is 23.2. The summed E-state index contributed by atoms with van der Waals surface area (Å²) in [7, 11) is 1.90. The molecule has 1 N–H and O–H groups in total. The summed E-state index contributed by atoms with van der Waals surface area (Å²) in [5.74, 6) is 0.472. The first-order valence-electron chi connectivity index (χ1n) is 14.0. The van der Waals surface area contributed by atoms with Crippen LogP contribution in [0.25, 0.3) is 0 Å². The predicted molar refractivity (Wildman–Crippen MR) is 140 cm³/mol. The van der Waals surface area contributed by atoms with Gasteiger partial charge in [-0.1, -0.05) is 27.7 Å². The molecule has 0 bridgehead atoms. The molecule has 11 nitrogen and oxygen atoms in total. The van der Waals surface area contributed by atoms with Crippen molar-refractivity contribution in [2.75, 3.05) is 33.4 Å². The van der Waals surface area contributed by atoms with Crippen molar-refractivity contribution in [3.8, 4) is 12.3 Å². The Balaban J connectivity index is 3.39. The van der Waals surface area contributed by atoms with E-state index in [1.54, 1.807) is 0 Å². The lowest BCUT2D eigenvalue weighted by molar-refractivity contribution is -0.872. The fourth-order valence-corrected chi connectivity index (χ4v) is 3.86. The predicted octanol–water partition coefficient (Wildman–Crippen LogP) is 1.35. The molecule has 0 aliphatic carbocycles. The lowest BCUT2D eigenvalue weighted by Crippen LogP contribution is -3.09. The van der Waals surface area contributed by atoms with Crippen molar-refractivity contribution in [1.29, 1.82) is 0 Å². The van der Waals surface area contributed by atoms with Gasteiger partial charge in [0.25, 0.3) is 0 Å². The molecule has 1 rings (SSSR count). The minimum Gasteiger partial charge on any atom is -0.463 e. The zero-order valence-electron chi connectivity index (χ0n) is 24.0. The molecular weight excluding hydrogens is 510 g/mol. The number of quaternary nitrogens is 1. The fraction of sp³-hybridized carbons (Fsp3) is 0.786. The minimum atomic E-state index is -1.24. The molecule has 0 aromatic carbocycles. The Morgan fingerprint density at radius 3 is 1.77 bits per heavy atom. The zero-order valence-corrected chi connectivity index (χ0v) is 24.0. The second-order valence-electron chi connectivity index (χ2n) is 9.55. The quantitative estimate of drug-likeness (QED) is 0.150. The topological polar surface area (TPSA) is 128 Å². The molecule has 0 saturated carbocycles. The highest BCUT2D eigenvalue weighted by Gasteiger charge is 2.53. The van der Waals surface area contributed by atoms with Gasteiger partial charge in [-0.2, -0.15) is 0 Å². The van der Waals surface area contributed by atoms with E-state index in [9.17, 15) is 19.2 Å². The van der Waals surface area contributed by atoms with Gasteiger partial charge in [0.2, 0.25) is 0 Å². The summed E-state index contributed by atoms with van der Waals surface area (Å²) in [5, 5.41) is 0. The van der Waals surface area contributed by atoms with Crippen LogP contribution in [-0.4, -0.2) is 87.9 Å². The first kappa shape index (κ1) is 34.3. The standard InChI is InChI=1S/C28H45NO10/c1-7-12-21(30)35-19-20-25(37-22(31)13-8-2)26(38-23(32)14-9-3)27(39-24(33)15-10-4)28(36-20)34-18-17-29(6)16-11-5/h5,20,25-28H,7-10,12-19H2,1-4,6H3/p+1. The van der Waals surface area contributed by atoms with Crippen LogP contribution in [0.3, 0.4) is 0 Å². The summed E-state index contributed by atoms with van der Waals surface area (Å²) in [5.41, 5.74) is 0. The lowest BCUT2D eigenvalue weighted by Gasteiger charge is -2.44. The number of terminal acetylenes is 1. The lowest BCUT2D eigenvalue weighted by atomic mass is 9.98. The van der Waals surface area contributed by atoms with Gasteiger partial charge in [0, 0.05) is 25.7 Å². The summed E-state index contributed by atoms with van der Waals surface area (Å²) in [6.07, 6.45) is 2.20. The van der Waals surface area contributed by atoms with Crippen molar-refractivity contribution in [2.24, 2.45) is 0 Å². The number of hydrogen-bond acceptors (Lipinski definition) is 10. The van der Waals surface area contributed by atoms with Crippen molar-refractivity contribution in [3.63, 3.8) is 0 Å². The molecule has 6 unspecified atom stereocenters. The number of ether oxygens (including phenoxy) is 6. The average Bonchev–Trinajstić information content (AvgIpc) is 2.87. The number of nitrogens with one attached hydrogen (secondary N) is 1. The molecule has 39 heavy (non-hydrogen) atoms. The summed E-state index contributed by atoms with van der Waals surface area (Å²) in [4.78, 5) is 51.0. The SMILES string of the molecule is C#CC[NH+](C)CCOC1OC(COC(=O)CCC)C(OC(=O)CCC)C(OC(=O)CCC)C1OC(=O)CCC. The van der Waals surface area contributed by atoms with Crippen LogP contribution in [0.4, 0.5) is 0 Å². The molecule has 1 fully saturated rings. The number of rotatable bonds is 18. The third kappa shape index (κ3) is 12.8. The van der Waals surface area contributed by atoms with Crippen molar-refractivity contribution in [3.05, 3.63) is 0 Å². The van der Waals surface area contributed by atoms with Crippen LogP contribution in [0.2, 0.25) is 0 Å². The van der Waals surface area contributed by atoms with Crippen LogP contribution in [0.5, 0.6) is 0 Å². The number of carbonyl (C=O) groups is 4. The first-order valence-corrected chi connectivity index (χ1v) is 14.0. The van der Waals surface area contributed by atoms with Gasteiger partial charge in [0.1, 0.15) is 25.8 Å². The highest BCUT2D eigenvalue weighted by molar-refractivity contribution is 5.72. The van der Waals surface area contributed by atoms with Gasteiger partial charge in [-0.15, -0.1) is 6.42 Å². The molecule has 222 valence electrons. The molecule has 1 aliphatic heterocycles. The van der Waals surface area contributed by atoms with Gasteiger partial charge in [-0.3, -0.25) is 19.2 Å². The Morgan fingerprint density at radius 1 is 0.769 bits per heavy atom. The van der Waals surface area contributed by atoms with E-state index in [0.717, 1.165) is 4.90 Å². The van der Waals surface area contributed by atoms with Crippen molar-refractivity contribution in [1.82, 2.24) is 0 Å². The molecule has 0 aromatic heterocycles. The van der Waals surface area contributed by atoms with Crippen LogP contribution >= 0.6 is 0 Å². The van der Waals surface area contributed by atoms with Gasteiger partial charge in [-0.25, -0.2) is 0 Å². The summed E-state index contributed by atoms with van der Waals surface area (Å²) in [6, 6.07) is 0. The van der Waals surface area contributed by atoms with E-state index in [1.165, 1.54) is 0 Å². The molecule has 0 aromatic rings. The summed E-state index contributed by atoms with van der Waals surface area (Å²) in [6.45, 7) is 8.21. The second-order valence-corrected chi connectivity index (χ2v) is 9.55. The Kier molecular flexibility index (Phi) is 17.1.